The van der Waals surface area contributed by atoms with Crippen LogP contribution in [0, 0.1) is 5.82 Å². The highest BCUT2D eigenvalue weighted by molar-refractivity contribution is 5.28. The van der Waals surface area contributed by atoms with E-state index in [1.165, 1.54) is 6.07 Å². The number of benzene rings is 1. The van der Waals surface area contributed by atoms with Gasteiger partial charge in [0.2, 0.25) is 0 Å². The summed E-state index contributed by atoms with van der Waals surface area (Å²) in [6.45, 7) is 6.89. The van der Waals surface area contributed by atoms with Gasteiger partial charge in [0.05, 0.1) is 13.2 Å². The smallest absolute Gasteiger partial charge is 0.123 e. The van der Waals surface area contributed by atoms with Gasteiger partial charge in [-0.15, -0.1) is 0 Å². The van der Waals surface area contributed by atoms with E-state index in [0.29, 0.717) is 0 Å². The molecule has 0 bridgehead atoms. The molecule has 104 valence electrons. The van der Waals surface area contributed by atoms with Gasteiger partial charge in [-0.25, -0.2) is 4.39 Å². The maximum Gasteiger partial charge on any atom is 0.123 e. The van der Waals surface area contributed by atoms with Crippen molar-refractivity contribution < 1.29 is 9.13 Å². The lowest BCUT2D eigenvalue weighted by Crippen LogP contribution is -2.51. The Kier molecular flexibility index (Phi) is 3.82. The highest BCUT2D eigenvalue weighted by Crippen LogP contribution is 2.36. The molecule has 2 heterocycles. The standard InChI is InChI=1S/C15H21FN2O/c16-14-3-1-2-13(10-14)15(11-19-12-15)4-7-18-8-5-17-6-9-18/h1-3,10,17H,4-9,11-12H2. The van der Waals surface area contributed by atoms with Crippen LogP contribution in [0.25, 0.3) is 0 Å². The number of hydrogen-bond donors (Lipinski definition) is 1. The molecule has 1 N–H and O–H groups in total. The first-order valence-electron chi connectivity index (χ1n) is 7.05. The second-order valence-electron chi connectivity index (χ2n) is 5.63. The molecular weight excluding hydrogens is 243 g/mol. The molecule has 0 saturated carbocycles. The molecule has 0 radical (unpaired) electrons. The van der Waals surface area contributed by atoms with E-state index >= 15 is 0 Å². The van der Waals surface area contributed by atoms with Crippen molar-refractivity contribution in [3.8, 4) is 0 Å². The van der Waals surface area contributed by atoms with Crippen molar-refractivity contribution in [2.45, 2.75) is 11.8 Å². The molecule has 1 aromatic carbocycles. The molecule has 2 saturated heterocycles. The molecule has 0 spiro atoms. The predicted molar refractivity (Wildman–Crippen MR) is 72.8 cm³/mol. The van der Waals surface area contributed by atoms with E-state index in [-0.39, 0.29) is 11.2 Å². The zero-order valence-electron chi connectivity index (χ0n) is 11.2. The fraction of sp³-hybridized carbons (Fsp3) is 0.600. The molecule has 19 heavy (non-hydrogen) atoms. The molecule has 2 aliphatic rings. The zero-order valence-corrected chi connectivity index (χ0v) is 11.2. The van der Waals surface area contributed by atoms with Crippen molar-refractivity contribution >= 4 is 0 Å². The minimum absolute atomic E-state index is 0.0347. The Labute approximate surface area is 113 Å². The summed E-state index contributed by atoms with van der Waals surface area (Å²) < 4.78 is 18.8. The van der Waals surface area contributed by atoms with Crippen LogP contribution in [0.15, 0.2) is 24.3 Å². The maximum absolute atomic E-state index is 13.4. The van der Waals surface area contributed by atoms with Gasteiger partial charge in [0, 0.05) is 31.6 Å². The summed E-state index contributed by atoms with van der Waals surface area (Å²) in [5, 5.41) is 3.36. The largest absolute Gasteiger partial charge is 0.379 e. The average Bonchev–Trinajstić information content (AvgIpc) is 2.39. The van der Waals surface area contributed by atoms with Crippen LogP contribution in [-0.2, 0) is 10.2 Å². The Balaban J connectivity index is 1.65. The first-order valence-corrected chi connectivity index (χ1v) is 7.05. The molecule has 2 aliphatic heterocycles. The van der Waals surface area contributed by atoms with Gasteiger partial charge in [0.25, 0.3) is 0 Å². The average molecular weight is 264 g/mol. The molecule has 2 fully saturated rings. The molecule has 1 aromatic rings. The van der Waals surface area contributed by atoms with E-state index in [4.69, 9.17) is 4.74 Å². The maximum atomic E-state index is 13.4. The number of hydrogen-bond acceptors (Lipinski definition) is 3. The third-order valence-corrected chi connectivity index (χ3v) is 4.31. The van der Waals surface area contributed by atoms with Gasteiger partial charge in [-0.2, -0.15) is 0 Å². The minimum atomic E-state index is -0.147. The van der Waals surface area contributed by atoms with Gasteiger partial charge in [-0.05, 0) is 30.7 Å². The van der Waals surface area contributed by atoms with Crippen LogP contribution in [0.3, 0.4) is 0 Å². The first kappa shape index (κ1) is 13.0. The molecule has 0 amide bonds. The van der Waals surface area contributed by atoms with Crippen LogP contribution in [0.2, 0.25) is 0 Å². The van der Waals surface area contributed by atoms with Crippen molar-refractivity contribution in [1.82, 2.24) is 10.2 Å². The van der Waals surface area contributed by atoms with Gasteiger partial charge in [0.15, 0.2) is 0 Å². The Morgan fingerprint density at radius 1 is 1.26 bits per heavy atom. The number of piperazine rings is 1. The van der Waals surface area contributed by atoms with Crippen LogP contribution in [0.4, 0.5) is 4.39 Å². The summed E-state index contributed by atoms with van der Waals surface area (Å²) >= 11 is 0. The fourth-order valence-electron chi connectivity index (χ4n) is 2.93. The first-order chi connectivity index (χ1) is 9.28. The summed E-state index contributed by atoms with van der Waals surface area (Å²) in [7, 11) is 0. The van der Waals surface area contributed by atoms with E-state index in [0.717, 1.165) is 57.9 Å². The summed E-state index contributed by atoms with van der Waals surface area (Å²) in [5.41, 5.74) is 1.13. The summed E-state index contributed by atoms with van der Waals surface area (Å²) in [6, 6.07) is 7.01. The lowest BCUT2D eigenvalue weighted by molar-refractivity contribution is -0.0680. The van der Waals surface area contributed by atoms with Crippen molar-refractivity contribution in [3.63, 3.8) is 0 Å². The number of ether oxygens (including phenoxy) is 1. The van der Waals surface area contributed by atoms with Gasteiger partial charge in [-0.1, -0.05) is 12.1 Å². The summed E-state index contributed by atoms with van der Waals surface area (Å²) in [6.07, 6.45) is 1.05. The van der Waals surface area contributed by atoms with Crippen LogP contribution in [0.1, 0.15) is 12.0 Å². The third kappa shape index (κ3) is 2.81. The van der Waals surface area contributed by atoms with E-state index in [9.17, 15) is 4.39 Å². The molecule has 3 nitrogen and oxygen atoms in total. The monoisotopic (exact) mass is 264 g/mol. The molecule has 4 heteroatoms. The zero-order chi connectivity index (χ0) is 13.1. The molecular formula is C15H21FN2O. The Morgan fingerprint density at radius 2 is 2.05 bits per heavy atom. The molecule has 0 aromatic heterocycles. The normalized spacial score (nSPS) is 23.0. The van der Waals surface area contributed by atoms with Crippen molar-refractivity contribution in [1.29, 1.82) is 0 Å². The highest BCUT2D eigenvalue weighted by Gasteiger charge is 2.40. The fourth-order valence-corrected chi connectivity index (χ4v) is 2.93. The Bertz CT molecular complexity index is 428. The molecule has 0 unspecified atom stereocenters. The van der Waals surface area contributed by atoms with Gasteiger partial charge >= 0.3 is 0 Å². The van der Waals surface area contributed by atoms with Crippen LogP contribution in [-0.4, -0.2) is 50.8 Å². The molecule has 0 atom stereocenters. The van der Waals surface area contributed by atoms with Crippen molar-refractivity contribution in [2.75, 3.05) is 45.9 Å². The second-order valence-corrected chi connectivity index (χ2v) is 5.63. The summed E-state index contributed by atoms with van der Waals surface area (Å²) in [4.78, 5) is 2.48. The van der Waals surface area contributed by atoms with E-state index < -0.39 is 0 Å². The quantitative estimate of drug-likeness (QED) is 0.889. The number of rotatable bonds is 4. The minimum Gasteiger partial charge on any atom is -0.379 e. The molecule has 3 rings (SSSR count). The van der Waals surface area contributed by atoms with Crippen LogP contribution in [0.5, 0.6) is 0 Å². The Hall–Kier alpha value is -0.970. The summed E-state index contributed by atoms with van der Waals surface area (Å²) in [5.74, 6) is -0.147. The van der Waals surface area contributed by atoms with Crippen molar-refractivity contribution in [3.05, 3.63) is 35.6 Å². The number of halogens is 1. The number of nitrogens with zero attached hydrogens (tertiary/aromatic N) is 1. The van der Waals surface area contributed by atoms with E-state index in [2.05, 4.69) is 10.2 Å². The lowest BCUT2D eigenvalue weighted by Gasteiger charge is -2.43. The van der Waals surface area contributed by atoms with Gasteiger partial charge < -0.3 is 15.0 Å². The topological polar surface area (TPSA) is 24.5 Å². The number of nitrogens with one attached hydrogen (secondary N) is 1. The van der Waals surface area contributed by atoms with Crippen LogP contribution >= 0.6 is 0 Å². The third-order valence-electron chi connectivity index (χ3n) is 4.31. The van der Waals surface area contributed by atoms with Gasteiger partial charge in [0.1, 0.15) is 5.82 Å². The van der Waals surface area contributed by atoms with Gasteiger partial charge in [-0.3, -0.25) is 0 Å². The predicted octanol–water partition coefficient (Wildman–Crippen LogP) is 1.39. The van der Waals surface area contributed by atoms with E-state index in [1.54, 1.807) is 12.1 Å². The van der Waals surface area contributed by atoms with Crippen molar-refractivity contribution in [2.24, 2.45) is 0 Å². The molecule has 0 aliphatic carbocycles. The SMILES string of the molecule is Fc1cccc(C2(CCN3CCNCC3)COC2)c1. The van der Waals surface area contributed by atoms with Crippen LogP contribution < -0.4 is 5.32 Å². The second kappa shape index (κ2) is 5.57. The lowest BCUT2D eigenvalue weighted by atomic mass is 9.75. The highest BCUT2D eigenvalue weighted by atomic mass is 19.1. The van der Waals surface area contributed by atoms with E-state index in [1.807, 2.05) is 6.07 Å². The Morgan fingerprint density at radius 3 is 2.68 bits per heavy atom.